The third-order valence-corrected chi connectivity index (χ3v) is 3.64. The topological polar surface area (TPSA) is 30.5 Å². The maximum absolute atomic E-state index is 5.70. The first kappa shape index (κ1) is 14.6. The highest BCUT2D eigenvalue weighted by Gasteiger charge is 2.25. The van der Waals surface area contributed by atoms with Gasteiger partial charge in [-0.1, -0.05) is 6.92 Å². The zero-order valence-electron chi connectivity index (χ0n) is 11.2. The van der Waals surface area contributed by atoms with E-state index in [0.717, 1.165) is 6.54 Å². The molecule has 1 heterocycles. The van der Waals surface area contributed by atoms with Gasteiger partial charge in [-0.25, -0.2) is 0 Å². The number of rotatable bonds is 8. The van der Waals surface area contributed by atoms with Crippen molar-refractivity contribution >= 4 is 11.3 Å². The number of likely N-dealkylation sites (N-methyl/N-ethyl adjacent to an activating group) is 1. The van der Waals surface area contributed by atoms with Gasteiger partial charge in [-0.15, -0.1) is 11.3 Å². The highest BCUT2D eigenvalue weighted by molar-refractivity contribution is 7.10. The van der Waals surface area contributed by atoms with E-state index < -0.39 is 0 Å². The maximum Gasteiger partial charge on any atom is 0.177 e. The predicted molar refractivity (Wildman–Crippen MR) is 72.5 cm³/mol. The van der Waals surface area contributed by atoms with E-state index >= 15 is 0 Å². The molecule has 1 aromatic heterocycles. The number of thiophene rings is 1. The van der Waals surface area contributed by atoms with Crippen LogP contribution < -0.4 is 5.32 Å². The van der Waals surface area contributed by atoms with Crippen LogP contribution in [0, 0.1) is 6.92 Å². The van der Waals surface area contributed by atoms with E-state index in [1.165, 1.54) is 10.4 Å². The van der Waals surface area contributed by atoms with Crippen LogP contribution in [0.15, 0.2) is 11.4 Å². The van der Waals surface area contributed by atoms with E-state index in [9.17, 15) is 0 Å². The smallest absolute Gasteiger partial charge is 0.177 e. The van der Waals surface area contributed by atoms with Gasteiger partial charge < -0.3 is 14.8 Å². The second-order valence-corrected chi connectivity index (χ2v) is 4.73. The first-order chi connectivity index (χ1) is 8.24. The molecule has 0 aliphatic carbocycles. The third-order valence-electron chi connectivity index (χ3n) is 2.54. The summed E-state index contributed by atoms with van der Waals surface area (Å²) >= 11 is 1.76. The van der Waals surface area contributed by atoms with Crippen LogP contribution in [0.1, 0.15) is 37.3 Å². The monoisotopic (exact) mass is 257 g/mol. The minimum absolute atomic E-state index is 0.125. The van der Waals surface area contributed by atoms with E-state index in [-0.39, 0.29) is 12.3 Å². The van der Waals surface area contributed by atoms with E-state index in [0.29, 0.717) is 13.2 Å². The zero-order valence-corrected chi connectivity index (χ0v) is 12.0. The Bertz CT molecular complexity index is 308. The minimum Gasteiger partial charge on any atom is -0.351 e. The molecule has 4 heteroatoms. The van der Waals surface area contributed by atoms with Gasteiger partial charge in [0.2, 0.25) is 0 Å². The molecule has 0 bridgehead atoms. The molecule has 0 saturated carbocycles. The summed E-state index contributed by atoms with van der Waals surface area (Å²) in [4.78, 5) is 1.30. The normalized spacial score (nSPS) is 13.2. The van der Waals surface area contributed by atoms with Gasteiger partial charge in [-0.2, -0.15) is 0 Å². The Morgan fingerprint density at radius 3 is 2.29 bits per heavy atom. The van der Waals surface area contributed by atoms with Gasteiger partial charge in [-0.3, -0.25) is 0 Å². The quantitative estimate of drug-likeness (QED) is 0.726. The lowest BCUT2D eigenvalue weighted by Gasteiger charge is -2.27. The molecule has 17 heavy (non-hydrogen) atoms. The maximum atomic E-state index is 5.70. The molecule has 1 N–H and O–H groups in total. The summed E-state index contributed by atoms with van der Waals surface area (Å²) in [5.74, 6) is 0. The van der Waals surface area contributed by atoms with Gasteiger partial charge in [0.15, 0.2) is 6.29 Å². The lowest BCUT2D eigenvalue weighted by atomic mass is 10.1. The van der Waals surface area contributed by atoms with Gasteiger partial charge >= 0.3 is 0 Å². The molecule has 1 aromatic rings. The average Bonchev–Trinajstić information content (AvgIpc) is 2.72. The lowest BCUT2D eigenvalue weighted by Crippen LogP contribution is -2.35. The van der Waals surface area contributed by atoms with E-state index in [1.54, 1.807) is 11.3 Å². The van der Waals surface area contributed by atoms with Gasteiger partial charge in [0.05, 0.1) is 6.04 Å². The first-order valence-corrected chi connectivity index (χ1v) is 7.13. The molecule has 1 rings (SSSR count). The molecule has 1 atom stereocenters. The molecular weight excluding hydrogens is 234 g/mol. The highest BCUT2D eigenvalue weighted by atomic mass is 32.1. The average molecular weight is 257 g/mol. The van der Waals surface area contributed by atoms with Crippen molar-refractivity contribution < 1.29 is 9.47 Å². The molecule has 0 aliphatic heterocycles. The minimum atomic E-state index is -0.206. The predicted octanol–water partition coefficient (Wildman–Crippen LogP) is 3.11. The fraction of sp³-hybridized carbons (Fsp3) is 0.692. The summed E-state index contributed by atoms with van der Waals surface area (Å²) in [7, 11) is 0. The summed E-state index contributed by atoms with van der Waals surface area (Å²) in [6, 6.07) is 2.26. The number of ether oxygens (including phenoxy) is 2. The van der Waals surface area contributed by atoms with Gasteiger partial charge in [0.25, 0.3) is 0 Å². The Hall–Kier alpha value is -0.420. The van der Waals surface area contributed by atoms with Crippen molar-refractivity contribution in [1.82, 2.24) is 5.32 Å². The van der Waals surface area contributed by atoms with Gasteiger partial charge in [-0.05, 0) is 44.3 Å². The van der Waals surface area contributed by atoms with Crippen molar-refractivity contribution in [2.45, 2.75) is 40.0 Å². The fourth-order valence-corrected chi connectivity index (χ4v) is 2.82. The zero-order chi connectivity index (χ0) is 12.7. The summed E-state index contributed by atoms with van der Waals surface area (Å²) in [5, 5.41) is 5.57. The second-order valence-electron chi connectivity index (χ2n) is 3.78. The van der Waals surface area contributed by atoms with Gasteiger partial charge in [0.1, 0.15) is 0 Å². The Balaban J connectivity index is 2.85. The Morgan fingerprint density at radius 1 is 1.24 bits per heavy atom. The van der Waals surface area contributed by atoms with Crippen LogP contribution in [0.4, 0.5) is 0 Å². The number of aryl methyl sites for hydroxylation is 1. The van der Waals surface area contributed by atoms with Crippen LogP contribution >= 0.6 is 11.3 Å². The molecule has 0 aromatic carbocycles. The van der Waals surface area contributed by atoms with Crippen molar-refractivity contribution in [1.29, 1.82) is 0 Å². The molecule has 0 spiro atoms. The van der Waals surface area contributed by atoms with Crippen LogP contribution in [0.25, 0.3) is 0 Å². The molecule has 1 unspecified atom stereocenters. The summed E-state index contributed by atoms with van der Waals surface area (Å²) in [5.41, 5.74) is 1.30. The first-order valence-electron chi connectivity index (χ1n) is 6.25. The number of hydrogen-bond acceptors (Lipinski definition) is 4. The summed E-state index contributed by atoms with van der Waals surface area (Å²) in [6.07, 6.45) is -0.206. The lowest BCUT2D eigenvalue weighted by molar-refractivity contribution is -0.154. The fourth-order valence-electron chi connectivity index (χ4n) is 1.80. The Kier molecular flexibility index (Phi) is 6.73. The SMILES string of the molecule is CCNC(c1sccc1C)C(OCC)OCC. The molecule has 0 radical (unpaired) electrons. The van der Waals surface area contributed by atoms with Crippen molar-refractivity contribution in [2.75, 3.05) is 19.8 Å². The Morgan fingerprint density at radius 2 is 1.88 bits per heavy atom. The van der Waals surface area contributed by atoms with Crippen molar-refractivity contribution in [3.8, 4) is 0 Å². The highest BCUT2D eigenvalue weighted by Crippen LogP contribution is 2.28. The second kappa shape index (κ2) is 7.82. The van der Waals surface area contributed by atoms with Crippen LogP contribution in [-0.4, -0.2) is 26.0 Å². The standard InChI is InChI=1S/C13H23NO2S/c1-5-14-11(12-10(4)8-9-17-12)13(15-6-2)16-7-3/h8-9,11,13-14H,5-7H2,1-4H3. The molecule has 0 aliphatic rings. The van der Waals surface area contributed by atoms with Crippen LogP contribution in [0.5, 0.6) is 0 Å². The molecule has 3 nitrogen and oxygen atoms in total. The van der Waals surface area contributed by atoms with Crippen molar-refractivity contribution in [2.24, 2.45) is 0 Å². The molecule has 98 valence electrons. The molecule has 0 amide bonds. The molecule has 0 saturated heterocycles. The third kappa shape index (κ3) is 4.07. The van der Waals surface area contributed by atoms with Crippen LogP contribution in [0.2, 0.25) is 0 Å². The molecule has 0 fully saturated rings. The van der Waals surface area contributed by atoms with Crippen molar-refractivity contribution in [3.63, 3.8) is 0 Å². The van der Waals surface area contributed by atoms with Gasteiger partial charge in [0, 0.05) is 18.1 Å². The number of hydrogen-bond donors (Lipinski definition) is 1. The van der Waals surface area contributed by atoms with E-state index in [2.05, 4.69) is 30.6 Å². The van der Waals surface area contributed by atoms with Crippen LogP contribution in [-0.2, 0) is 9.47 Å². The largest absolute Gasteiger partial charge is 0.351 e. The number of nitrogens with one attached hydrogen (secondary N) is 1. The van der Waals surface area contributed by atoms with Crippen LogP contribution in [0.3, 0.4) is 0 Å². The summed E-state index contributed by atoms with van der Waals surface area (Å²) in [6.45, 7) is 10.5. The van der Waals surface area contributed by atoms with E-state index in [1.807, 2.05) is 13.8 Å². The molecular formula is C13H23NO2S. The Labute approximate surface area is 108 Å². The van der Waals surface area contributed by atoms with Crippen molar-refractivity contribution in [3.05, 3.63) is 21.9 Å². The summed E-state index contributed by atoms with van der Waals surface area (Å²) < 4.78 is 11.4. The van der Waals surface area contributed by atoms with E-state index in [4.69, 9.17) is 9.47 Å².